The second-order valence-electron chi connectivity index (χ2n) is 2.75. The fourth-order valence-corrected chi connectivity index (χ4v) is 1.35. The minimum absolute atomic E-state index is 0.0793. The summed E-state index contributed by atoms with van der Waals surface area (Å²) in [5, 5.41) is 26.5. The molecular formula is C6H13O7P. The van der Waals surface area contributed by atoms with Gasteiger partial charge in [0.25, 0.3) is 0 Å². The molecule has 0 saturated heterocycles. The Morgan fingerprint density at radius 3 is 2.29 bits per heavy atom. The molecule has 7 nitrogen and oxygen atoms in total. The summed E-state index contributed by atoms with van der Waals surface area (Å²) in [6.45, 7) is 0.0514. The lowest BCUT2D eigenvalue weighted by Gasteiger charge is -2.22. The van der Waals surface area contributed by atoms with E-state index >= 15 is 0 Å². The van der Waals surface area contributed by atoms with E-state index in [0.29, 0.717) is 0 Å². The Hall–Kier alpha value is -0.300. The van der Waals surface area contributed by atoms with Crippen molar-refractivity contribution < 1.29 is 34.1 Å². The highest BCUT2D eigenvalue weighted by Crippen LogP contribution is 2.38. The van der Waals surface area contributed by atoms with Crippen LogP contribution in [0.2, 0.25) is 0 Å². The summed E-state index contributed by atoms with van der Waals surface area (Å²) in [4.78, 5) is 19.1. The van der Waals surface area contributed by atoms with Crippen LogP contribution >= 0.6 is 7.60 Å². The van der Waals surface area contributed by atoms with E-state index in [0.717, 1.165) is 6.66 Å². The molecule has 0 bridgehead atoms. The molecule has 84 valence electrons. The van der Waals surface area contributed by atoms with Gasteiger partial charge in [0.1, 0.15) is 12.2 Å². The van der Waals surface area contributed by atoms with Gasteiger partial charge in [0.15, 0.2) is 12.4 Å². The lowest BCUT2D eigenvalue weighted by Crippen LogP contribution is -2.41. The summed E-state index contributed by atoms with van der Waals surface area (Å²) in [6, 6.07) is 0. The zero-order valence-electron chi connectivity index (χ0n) is 7.48. The molecule has 0 rings (SSSR count). The first kappa shape index (κ1) is 13.7. The summed E-state index contributed by atoms with van der Waals surface area (Å²) >= 11 is 0. The van der Waals surface area contributed by atoms with Crippen molar-refractivity contribution in [1.29, 1.82) is 0 Å². The van der Waals surface area contributed by atoms with Gasteiger partial charge < -0.3 is 25.0 Å². The Labute approximate surface area is 80.5 Å². The number of aliphatic hydroxyl groups is 3. The summed E-state index contributed by atoms with van der Waals surface area (Å²) in [5.74, 6) is 0. The van der Waals surface area contributed by atoms with Crippen LogP contribution in [-0.4, -0.2) is 58.1 Å². The highest BCUT2D eigenvalue weighted by Gasteiger charge is 2.30. The van der Waals surface area contributed by atoms with Gasteiger partial charge in [0, 0.05) is 6.66 Å². The minimum Gasteiger partial charge on any atom is -0.394 e. The van der Waals surface area contributed by atoms with Gasteiger partial charge in [-0.3, -0.25) is 9.09 Å². The van der Waals surface area contributed by atoms with E-state index < -0.39 is 32.5 Å². The van der Waals surface area contributed by atoms with Gasteiger partial charge >= 0.3 is 7.60 Å². The first-order valence-electron chi connectivity index (χ1n) is 3.72. The highest BCUT2D eigenvalue weighted by atomic mass is 31.2. The molecule has 4 N–H and O–H groups in total. The molecule has 0 aromatic carbocycles. The number of carbonyl (C=O) groups is 1. The number of hydrogen-bond acceptors (Lipinski definition) is 6. The molecule has 0 radical (unpaired) electrons. The van der Waals surface area contributed by atoms with E-state index in [1.54, 1.807) is 0 Å². The third-order valence-corrected chi connectivity index (χ3v) is 2.00. The van der Waals surface area contributed by atoms with Crippen LogP contribution in [-0.2, 0) is 13.9 Å². The Morgan fingerprint density at radius 1 is 1.50 bits per heavy atom. The van der Waals surface area contributed by atoms with Crippen LogP contribution in [0, 0.1) is 0 Å². The summed E-state index contributed by atoms with van der Waals surface area (Å²) in [7, 11) is -3.93. The molecule has 8 heteroatoms. The van der Waals surface area contributed by atoms with Gasteiger partial charge in [-0.25, -0.2) is 0 Å². The molecule has 0 aliphatic carbocycles. The quantitative estimate of drug-likeness (QED) is 0.309. The number of hydrogen-bond donors (Lipinski definition) is 4. The van der Waals surface area contributed by atoms with Crippen LogP contribution in [0.15, 0.2) is 0 Å². The largest absolute Gasteiger partial charge is 0.394 e. The first-order valence-corrected chi connectivity index (χ1v) is 5.75. The molecule has 0 aliphatic rings. The van der Waals surface area contributed by atoms with Crippen molar-refractivity contribution in [2.75, 3.05) is 13.3 Å². The second-order valence-corrected chi connectivity index (χ2v) is 4.57. The highest BCUT2D eigenvalue weighted by molar-refractivity contribution is 7.51. The van der Waals surface area contributed by atoms with Gasteiger partial charge in [0.05, 0.1) is 6.61 Å². The molecular weight excluding hydrogens is 215 g/mol. The molecule has 1 unspecified atom stereocenters. The zero-order valence-corrected chi connectivity index (χ0v) is 8.37. The normalized spacial score (nSPS) is 22.1. The molecule has 0 aromatic heterocycles. The van der Waals surface area contributed by atoms with Crippen LogP contribution in [0.4, 0.5) is 0 Å². The van der Waals surface area contributed by atoms with Crippen LogP contribution in [0.25, 0.3) is 0 Å². The van der Waals surface area contributed by atoms with Crippen molar-refractivity contribution in [3.05, 3.63) is 0 Å². The van der Waals surface area contributed by atoms with Crippen molar-refractivity contribution in [1.82, 2.24) is 0 Å². The Balaban J connectivity index is 4.41. The monoisotopic (exact) mass is 228 g/mol. The van der Waals surface area contributed by atoms with Crippen molar-refractivity contribution in [3.8, 4) is 0 Å². The topological polar surface area (TPSA) is 124 Å². The van der Waals surface area contributed by atoms with Gasteiger partial charge in [0.2, 0.25) is 0 Å². The SMILES string of the molecule is CP(=O)(O)O[C@@H](C=O)[C@H](O)[C@H](O)CO. The molecule has 0 aromatic rings. The summed E-state index contributed by atoms with van der Waals surface area (Å²) in [6.07, 6.45) is -4.90. The molecule has 0 spiro atoms. The Morgan fingerprint density at radius 2 is 2.00 bits per heavy atom. The summed E-state index contributed by atoms with van der Waals surface area (Å²) in [5.41, 5.74) is 0. The molecule has 0 saturated carbocycles. The maximum absolute atomic E-state index is 10.7. The van der Waals surface area contributed by atoms with E-state index in [4.69, 9.17) is 20.2 Å². The van der Waals surface area contributed by atoms with E-state index in [-0.39, 0.29) is 6.29 Å². The Kier molecular flexibility index (Phi) is 5.43. The number of aliphatic hydroxyl groups excluding tert-OH is 3. The number of rotatable bonds is 6. The molecule has 14 heavy (non-hydrogen) atoms. The lowest BCUT2D eigenvalue weighted by atomic mass is 10.1. The van der Waals surface area contributed by atoms with Gasteiger partial charge in [-0.2, -0.15) is 0 Å². The predicted octanol–water partition coefficient (Wildman–Crippen LogP) is -1.90. The fourth-order valence-electron chi connectivity index (χ4n) is 0.720. The van der Waals surface area contributed by atoms with E-state index in [2.05, 4.69) is 4.52 Å². The lowest BCUT2D eigenvalue weighted by molar-refractivity contribution is -0.125. The first-order chi connectivity index (χ1) is 6.31. The van der Waals surface area contributed by atoms with Gasteiger partial charge in [-0.1, -0.05) is 0 Å². The zero-order chi connectivity index (χ0) is 11.4. The fraction of sp³-hybridized carbons (Fsp3) is 0.833. The number of aldehydes is 1. The smallest absolute Gasteiger partial charge is 0.325 e. The standard InChI is InChI=1S/C6H13O7P/c1-14(11,12)13-5(3-8)6(10)4(9)2-7/h3-7,9-10H,2H2,1H3,(H,11,12)/t4-,5+,6-/m1/s1. The van der Waals surface area contributed by atoms with Gasteiger partial charge in [-0.15, -0.1) is 0 Å². The van der Waals surface area contributed by atoms with Crippen LogP contribution in [0.3, 0.4) is 0 Å². The van der Waals surface area contributed by atoms with Crippen LogP contribution in [0.5, 0.6) is 0 Å². The van der Waals surface area contributed by atoms with E-state index in [1.165, 1.54) is 0 Å². The molecule has 0 fully saturated rings. The van der Waals surface area contributed by atoms with E-state index in [1.807, 2.05) is 0 Å². The third-order valence-electron chi connectivity index (χ3n) is 1.37. The molecule has 0 aliphatic heterocycles. The van der Waals surface area contributed by atoms with Crippen molar-refractivity contribution in [2.24, 2.45) is 0 Å². The Bertz CT molecular complexity index is 224. The minimum atomic E-state index is -3.93. The third kappa shape index (κ3) is 4.80. The molecule has 0 amide bonds. The maximum Gasteiger partial charge on any atom is 0.325 e. The average molecular weight is 228 g/mol. The maximum atomic E-state index is 10.7. The van der Waals surface area contributed by atoms with Gasteiger partial charge in [-0.05, 0) is 0 Å². The molecule has 0 heterocycles. The van der Waals surface area contributed by atoms with E-state index in [9.17, 15) is 9.36 Å². The van der Waals surface area contributed by atoms with Crippen molar-refractivity contribution in [2.45, 2.75) is 18.3 Å². The number of carbonyl (C=O) groups excluding carboxylic acids is 1. The van der Waals surface area contributed by atoms with Crippen molar-refractivity contribution in [3.63, 3.8) is 0 Å². The van der Waals surface area contributed by atoms with Crippen LogP contribution in [0.1, 0.15) is 0 Å². The second kappa shape index (κ2) is 5.55. The molecule has 4 atom stereocenters. The predicted molar refractivity (Wildman–Crippen MR) is 45.8 cm³/mol. The summed E-state index contributed by atoms with van der Waals surface area (Å²) < 4.78 is 15.0. The van der Waals surface area contributed by atoms with Crippen molar-refractivity contribution >= 4 is 13.9 Å². The average Bonchev–Trinajstić information content (AvgIpc) is 2.10. The van der Waals surface area contributed by atoms with Crippen LogP contribution < -0.4 is 0 Å².